The van der Waals surface area contributed by atoms with E-state index >= 15 is 0 Å². The van der Waals surface area contributed by atoms with E-state index in [9.17, 15) is 9.90 Å². The van der Waals surface area contributed by atoms with Gasteiger partial charge in [0.15, 0.2) is 0 Å². The van der Waals surface area contributed by atoms with Crippen LogP contribution in [-0.2, 0) is 6.42 Å². The van der Waals surface area contributed by atoms with Gasteiger partial charge in [-0.05, 0) is 48.7 Å². The summed E-state index contributed by atoms with van der Waals surface area (Å²) < 4.78 is 0. The molecule has 0 saturated heterocycles. The van der Waals surface area contributed by atoms with Crippen LogP contribution in [0.5, 0.6) is 5.75 Å². The molecule has 0 aliphatic carbocycles. The van der Waals surface area contributed by atoms with Crippen LogP contribution >= 0.6 is 0 Å². The van der Waals surface area contributed by atoms with Crippen molar-refractivity contribution in [3.05, 3.63) is 53.6 Å². The molecule has 4 N–H and O–H groups in total. The molecule has 4 heteroatoms. The summed E-state index contributed by atoms with van der Waals surface area (Å²) in [6.07, 6.45) is 11.6. The third-order valence-corrected chi connectivity index (χ3v) is 4.80. The van der Waals surface area contributed by atoms with Crippen LogP contribution in [0.4, 0.5) is 11.4 Å². The molecule has 0 bridgehead atoms. The molecule has 0 fully saturated rings. The predicted octanol–water partition coefficient (Wildman–Crippen LogP) is 5.91. The van der Waals surface area contributed by atoms with Crippen molar-refractivity contribution in [2.45, 2.75) is 64.7 Å². The maximum Gasteiger partial charge on any atom is 0.259 e. The van der Waals surface area contributed by atoms with Crippen molar-refractivity contribution >= 4 is 17.3 Å². The summed E-state index contributed by atoms with van der Waals surface area (Å²) in [5.74, 6) is -0.441. The summed E-state index contributed by atoms with van der Waals surface area (Å²) >= 11 is 0. The number of unbranched alkanes of at least 4 members (excludes halogenated alkanes) is 7. The molecule has 27 heavy (non-hydrogen) atoms. The van der Waals surface area contributed by atoms with Gasteiger partial charge in [-0.3, -0.25) is 4.79 Å². The molecule has 4 nitrogen and oxygen atoms in total. The van der Waals surface area contributed by atoms with Gasteiger partial charge in [-0.15, -0.1) is 0 Å². The summed E-state index contributed by atoms with van der Waals surface area (Å²) in [6.45, 7) is 2.25. The van der Waals surface area contributed by atoms with Crippen molar-refractivity contribution in [3.63, 3.8) is 0 Å². The molecule has 0 aliphatic rings. The Balaban J connectivity index is 1.73. The van der Waals surface area contributed by atoms with E-state index in [1.165, 1.54) is 69.1 Å². The number of hydrogen-bond donors (Lipinski definition) is 3. The Kier molecular flexibility index (Phi) is 8.69. The van der Waals surface area contributed by atoms with Gasteiger partial charge in [-0.1, -0.05) is 64.0 Å². The number of carbonyl (C=O) groups excluding carboxylic acids is 1. The van der Waals surface area contributed by atoms with Gasteiger partial charge in [0.1, 0.15) is 5.75 Å². The molecular formula is C23H32N2O2. The lowest BCUT2D eigenvalue weighted by Crippen LogP contribution is -2.12. The van der Waals surface area contributed by atoms with Crippen LogP contribution in [-0.4, -0.2) is 11.0 Å². The molecule has 2 aromatic carbocycles. The largest absolute Gasteiger partial charge is 0.507 e. The number of carbonyl (C=O) groups is 1. The highest BCUT2D eigenvalue weighted by molar-refractivity contribution is 6.06. The monoisotopic (exact) mass is 368 g/mol. The molecule has 0 aliphatic heterocycles. The lowest BCUT2D eigenvalue weighted by molar-refractivity contribution is 0.102. The summed E-state index contributed by atoms with van der Waals surface area (Å²) in [4.78, 5) is 12.3. The first-order valence-electron chi connectivity index (χ1n) is 10.1. The van der Waals surface area contributed by atoms with Crippen molar-refractivity contribution in [3.8, 4) is 5.75 Å². The Bertz CT molecular complexity index is 711. The maximum atomic E-state index is 12.3. The van der Waals surface area contributed by atoms with E-state index in [2.05, 4.69) is 24.4 Å². The number of anilines is 2. The van der Waals surface area contributed by atoms with Gasteiger partial charge in [0.2, 0.25) is 0 Å². The number of phenolic OH excluding ortho intramolecular Hbond substituents is 1. The predicted molar refractivity (Wildman–Crippen MR) is 113 cm³/mol. The average molecular weight is 369 g/mol. The minimum absolute atomic E-state index is 0.0759. The first kappa shape index (κ1) is 20.8. The van der Waals surface area contributed by atoms with Gasteiger partial charge >= 0.3 is 0 Å². The highest BCUT2D eigenvalue weighted by atomic mass is 16.3. The van der Waals surface area contributed by atoms with Crippen molar-refractivity contribution in [2.24, 2.45) is 0 Å². The standard InChI is InChI=1S/C23H32N2O2/c1-2-3-4-5-6-7-8-9-10-18-11-14-20(15-12-18)25-23(27)21-17-19(24)13-16-22(21)26/h11-17,26H,2-10,24H2,1H3,(H,25,27). The van der Waals surface area contributed by atoms with E-state index in [1.54, 1.807) is 6.07 Å². The SMILES string of the molecule is CCCCCCCCCCc1ccc(NC(=O)c2cc(N)ccc2O)cc1. The Morgan fingerprint density at radius 1 is 0.926 bits per heavy atom. The number of nitrogens with one attached hydrogen (secondary N) is 1. The van der Waals surface area contributed by atoms with Crippen LogP contribution in [0.15, 0.2) is 42.5 Å². The van der Waals surface area contributed by atoms with E-state index in [4.69, 9.17) is 5.73 Å². The van der Waals surface area contributed by atoms with Gasteiger partial charge in [0, 0.05) is 11.4 Å². The van der Waals surface area contributed by atoms with Crippen molar-refractivity contribution in [1.29, 1.82) is 0 Å². The number of aromatic hydroxyl groups is 1. The quantitative estimate of drug-likeness (QED) is 0.262. The summed E-state index contributed by atoms with van der Waals surface area (Å²) in [7, 11) is 0. The minimum atomic E-state index is -0.365. The van der Waals surface area contributed by atoms with Gasteiger partial charge in [-0.2, -0.15) is 0 Å². The van der Waals surface area contributed by atoms with Crippen LogP contribution in [0.1, 0.15) is 74.2 Å². The minimum Gasteiger partial charge on any atom is -0.507 e. The van der Waals surface area contributed by atoms with Gasteiger partial charge in [0.25, 0.3) is 5.91 Å². The van der Waals surface area contributed by atoms with Crippen LogP contribution in [0.3, 0.4) is 0 Å². The van der Waals surface area contributed by atoms with E-state index in [-0.39, 0.29) is 17.2 Å². The number of hydrogen-bond acceptors (Lipinski definition) is 3. The summed E-state index contributed by atoms with van der Waals surface area (Å²) in [5.41, 5.74) is 8.30. The normalized spacial score (nSPS) is 10.7. The molecule has 2 rings (SSSR count). The maximum absolute atomic E-state index is 12.3. The topological polar surface area (TPSA) is 75.4 Å². The number of phenols is 1. The first-order chi connectivity index (χ1) is 13.1. The number of nitrogen functional groups attached to an aromatic ring is 1. The molecule has 0 spiro atoms. The zero-order chi connectivity index (χ0) is 19.5. The fourth-order valence-corrected chi connectivity index (χ4v) is 3.15. The molecule has 0 heterocycles. The Hall–Kier alpha value is -2.49. The highest BCUT2D eigenvalue weighted by Crippen LogP contribution is 2.21. The molecule has 0 radical (unpaired) electrons. The van der Waals surface area contributed by atoms with Gasteiger partial charge in [0.05, 0.1) is 5.56 Å². The lowest BCUT2D eigenvalue weighted by Gasteiger charge is -2.09. The third kappa shape index (κ3) is 7.33. The number of amides is 1. The summed E-state index contributed by atoms with van der Waals surface area (Å²) in [5, 5.41) is 12.6. The summed E-state index contributed by atoms with van der Waals surface area (Å²) in [6, 6.07) is 12.4. The van der Waals surface area contributed by atoms with E-state index in [0.29, 0.717) is 11.4 Å². The molecule has 0 unspecified atom stereocenters. The molecule has 146 valence electrons. The molecule has 0 atom stereocenters. The van der Waals surface area contributed by atoms with Crippen molar-refractivity contribution in [2.75, 3.05) is 11.1 Å². The smallest absolute Gasteiger partial charge is 0.259 e. The average Bonchev–Trinajstić information content (AvgIpc) is 2.67. The zero-order valence-electron chi connectivity index (χ0n) is 16.3. The molecular weight excluding hydrogens is 336 g/mol. The van der Waals surface area contributed by atoms with Gasteiger partial charge in [-0.25, -0.2) is 0 Å². The van der Waals surface area contributed by atoms with Crippen molar-refractivity contribution in [1.82, 2.24) is 0 Å². The second kappa shape index (κ2) is 11.3. The molecule has 0 saturated carbocycles. The van der Waals surface area contributed by atoms with E-state index in [0.717, 1.165) is 6.42 Å². The number of rotatable bonds is 11. The van der Waals surface area contributed by atoms with E-state index < -0.39 is 0 Å². The molecule has 0 aromatic heterocycles. The second-order valence-electron chi connectivity index (χ2n) is 7.15. The Labute approximate surface area is 162 Å². The number of nitrogens with two attached hydrogens (primary N) is 1. The fraction of sp³-hybridized carbons (Fsp3) is 0.435. The Morgan fingerprint density at radius 2 is 1.56 bits per heavy atom. The van der Waals surface area contributed by atoms with Crippen molar-refractivity contribution < 1.29 is 9.90 Å². The fourth-order valence-electron chi connectivity index (χ4n) is 3.15. The second-order valence-corrected chi connectivity index (χ2v) is 7.15. The number of benzene rings is 2. The van der Waals surface area contributed by atoms with Gasteiger partial charge < -0.3 is 16.2 Å². The first-order valence-corrected chi connectivity index (χ1v) is 10.1. The zero-order valence-corrected chi connectivity index (χ0v) is 16.3. The lowest BCUT2D eigenvalue weighted by atomic mass is 10.0. The molecule has 2 aromatic rings. The van der Waals surface area contributed by atoms with Crippen LogP contribution in [0, 0.1) is 0 Å². The van der Waals surface area contributed by atoms with Crippen LogP contribution in [0.2, 0.25) is 0 Å². The Morgan fingerprint density at radius 3 is 2.22 bits per heavy atom. The number of aryl methyl sites for hydroxylation is 1. The molecule has 1 amide bonds. The van der Waals surface area contributed by atoms with E-state index in [1.807, 2.05) is 12.1 Å². The van der Waals surface area contributed by atoms with Crippen LogP contribution in [0.25, 0.3) is 0 Å². The van der Waals surface area contributed by atoms with Crippen LogP contribution < -0.4 is 11.1 Å². The highest BCUT2D eigenvalue weighted by Gasteiger charge is 2.11. The third-order valence-electron chi connectivity index (χ3n) is 4.80.